The minimum Gasteiger partial charge on any atom is -0.360 e. The van der Waals surface area contributed by atoms with Gasteiger partial charge >= 0.3 is 0 Å². The van der Waals surface area contributed by atoms with E-state index in [1.165, 1.54) is 37.0 Å². The van der Waals surface area contributed by atoms with Crippen LogP contribution >= 0.6 is 11.3 Å². The largest absolute Gasteiger partial charge is 0.360 e. The third-order valence-corrected chi connectivity index (χ3v) is 4.39. The molecule has 2 N–H and O–H groups in total. The van der Waals surface area contributed by atoms with Crippen LogP contribution in [0.25, 0.3) is 0 Å². The highest BCUT2D eigenvalue weighted by Gasteiger charge is 2.41. The molecule has 0 atom stereocenters. The second kappa shape index (κ2) is 6.32. The smallest absolute Gasteiger partial charge is 0.282 e. The van der Waals surface area contributed by atoms with Gasteiger partial charge in [-0.05, 0) is 31.1 Å². The molecule has 106 valence electrons. The second-order valence-corrected chi connectivity index (χ2v) is 6.25. The third kappa shape index (κ3) is 3.89. The van der Waals surface area contributed by atoms with Gasteiger partial charge in [0.15, 0.2) is 0 Å². The molecular weight excluding hydrogens is 260 g/mol. The first-order chi connectivity index (χ1) is 9.19. The van der Waals surface area contributed by atoms with E-state index in [9.17, 15) is 4.79 Å². The Balaban J connectivity index is 1.81. The van der Waals surface area contributed by atoms with E-state index in [4.69, 9.17) is 0 Å². The molecule has 1 fully saturated rings. The monoisotopic (exact) mass is 282 g/mol. The van der Waals surface area contributed by atoms with Crippen molar-refractivity contribution in [2.24, 2.45) is 5.41 Å². The SMILES string of the molecule is CCCNc1nnc(C(=O)NCC2(CCC)CC2)s1. The maximum absolute atomic E-state index is 12.0. The highest BCUT2D eigenvalue weighted by atomic mass is 32.1. The number of hydrogen-bond donors (Lipinski definition) is 2. The Morgan fingerprint density at radius 3 is 2.74 bits per heavy atom. The Morgan fingerprint density at radius 1 is 1.32 bits per heavy atom. The van der Waals surface area contributed by atoms with E-state index < -0.39 is 0 Å². The van der Waals surface area contributed by atoms with Crippen molar-refractivity contribution in [3.63, 3.8) is 0 Å². The number of aromatic nitrogens is 2. The van der Waals surface area contributed by atoms with Crippen molar-refractivity contribution in [2.45, 2.75) is 46.0 Å². The van der Waals surface area contributed by atoms with Crippen LogP contribution in [-0.4, -0.2) is 29.2 Å². The summed E-state index contributed by atoms with van der Waals surface area (Å²) in [7, 11) is 0. The Kier molecular flexibility index (Phi) is 4.74. The summed E-state index contributed by atoms with van der Waals surface area (Å²) < 4.78 is 0. The fourth-order valence-electron chi connectivity index (χ4n) is 2.18. The highest BCUT2D eigenvalue weighted by Crippen LogP contribution is 2.48. The average Bonchev–Trinajstić information content (AvgIpc) is 3.01. The number of carbonyl (C=O) groups is 1. The molecule has 1 amide bonds. The molecule has 19 heavy (non-hydrogen) atoms. The van der Waals surface area contributed by atoms with Crippen LogP contribution in [0.1, 0.15) is 55.8 Å². The number of anilines is 1. The predicted molar refractivity (Wildman–Crippen MR) is 77.6 cm³/mol. The lowest BCUT2D eigenvalue weighted by molar-refractivity contribution is 0.0942. The molecule has 0 spiro atoms. The van der Waals surface area contributed by atoms with Crippen LogP contribution < -0.4 is 10.6 Å². The molecule has 0 radical (unpaired) electrons. The van der Waals surface area contributed by atoms with Crippen molar-refractivity contribution in [1.82, 2.24) is 15.5 Å². The summed E-state index contributed by atoms with van der Waals surface area (Å²) in [4.78, 5) is 12.0. The van der Waals surface area contributed by atoms with Gasteiger partial charge in [-0.15, -0.1) is 10.2 Å². The summed E-state index contributed by atoms with van der Waals surface area (Å²) in [6.07, 6.45) is 5.88. The highest BCUT2D eigenvalue weighted by molar-refractivity contribution is 7.17. The molecule has 1 aliphatic rings. The number of rotatable bonds is 8. The van der Waals surface area contributed by atoms with Crippen molar-refractivity contribution >= 4 is 22.4 Å². The van der Waals surface area contributed by atoms with Gasteiger partial charge in [0.05, 0.1) is 0 Å². The first-order valence-electron chi connectivity index (χ1n) is 7.05. The zero-order chi connectivity index (χ0) is 13.7. The van der Waals surface area contributed by atoms with Crippen LogP contribution in [0.3, 0.4) is 0 Å². The van der Waals surface area contributed by atoms with Crippen LogP contribution in [0, 0.1) is 5.41 Å². The molecule has 1 aromatic heterocycles. The van der Waals surface area contributed by atoms with Gasteiger partial charge in [0.1, 0.15) is 0 Å². The Morgan fingerprint density at radius 2 is 2.11 bits per heavy atom. The molecule has 1 aromatic rings. The lowest BCUT2D eigenvalue weighted by Crippen LogP contribution is -2.30. The number of hydrogen-bond acceptors (Lipinski definition) is 5. The van der Waals surface area contributed by atoms with E-state index in [-0.39, 0.29) is 5.91 Å². The first-order valence-corrected chi connectivity index (χ1v) is 7.86. The van der Waals surface area contributed by atoms with Crippen molar-refractivity contribution < 1.29 is 4.79 Å². The van der Waals surface area contributed by atoms with E-state index in [0.29, 0.717) is 10.4 Å². The fraction of sp³-hybridized carbons (Fsp3) is 0.769. The number of nitrogens with zero attached hydrogens (tertiary/aromatic N) is 2. The Bertz CT molecular complexity index is 428. The second-order valence-electron chi connectivity index (χ2n) is 5.27. The molecule has 1 saturated carbocycles. The minimum atomic E-state index is -0.0931. The van der Waals surface area contributed by atoms with Crippen LogP contribution in [0.4, 0.5) is 5.13 Å². The molecular formula is C13H22N4OS. The van der Waals surface area contributed by atoms with Gasteiger partial charge in [-0.1, -0.05) is 31.6 Å². The predicted octanol–water partition coefficient (Wildman–Crippen LogP) is 2.67. The van der Waals surface area contributed by atoms with E-state index >= 15 is 0 Å². The summed E-state index contributed by atoms with van der Waals surface area (Å²) >= 11 is 1.32. The van der Waals surface area contributed by atoms with E-state index in [1.807, 2.05) is 0 Å². The number of nitrogens with one attached hydrogen (secondary N) is 2. The molecule has 0 aromatic carbocycles. The topological polar surface area (TPSA) is 66.9 Å². The Hall–Kier alpha value is -1.17. The van der Waals surface area contributed by atoms with Gasteiger partial charge in [-0.3, -0.25) is 4.79 Å². The molecule has 0 unspecified atom stereocenters. The van der Waals surface area contributed by atoms with E-state index in [0.717, 1.165) is 24.6 Å². The van der Waals surface area contributed by atoms with Crippen molar-refractivity contribution in [1.29, 1.82) is 0 Å². The lowest BCUT2D eigenvalue weighted by atomic mass is 10.0. The molecule has 1 aliphatic carbocycles. The average molecular weight is 282 g/mol. The summed E-state index contributed by atoms with van der Waals surface area (Å²) in [5.74, 6) is -0.0931. The fourth-order valence-corrected chi connectivity index (χ4v) is 2.87. The zero-order valence-corrected chi connectivity index (χ0v) is 12.5. The van der Waals surface area contributed by atoms with E-state index in [2.05, 4.69) is 34.7 Å². The maximum atomic E-state index is 12.0. The van der Waals surface area contributed by atoms with Gasteiger partial charge in [-0.2, -0.15) is 0 Å². The summed E-state index contributed by atoms with van der Waals surface area (Å²) in [6.45, 7) is 5.91. The van der Waals surface area contributed by atoms with Gasteiger partial charge < -0.3 is 10.6 Å². The summed E-state index contributed by atoms with van der Waals surface area (Å²) in [5, 5.41) is 15.2. The number of carbonyl (C=O) groups excluding carboxylic acids is 1. The number of amides is 1. The minimum absolute atomic E-state index is 0.0931. The van der Waals surface area contributed by atoms with Crippen molar-refractivity contribution in [2.75, 3.05) is 18.4 Å². The lowest BCUT2D eigenvalue weighted by Gasteiger charge is -2.13. The Labute approximate surface area is 118 Å². The maximum Gasteiger partial charge on any atom is 0.282 e. The van der Waals surface area contributed by atoms with Crippen LogP contribution in [0.15, 0.2) is 0 Å². The van der Waals surface area contributed by atoms with E-state index in [1.54, 1.807) is 0 Å². The van der Waals surface area contributed by atoms with Gasteiger partial charge in [0.25, 0.3) is 5.91 Å². The molecule has 0 aliphatic heterocycles. The molecule has 2 rings (SSSR count). The van der Waals surface area contributed by atoms with Crippen molar-refractivity contribution in [3.8, 4) is 0 Å². The zero-order valence-electron chi connectivity index (χ0n) is 11.7. The van der Waals surface area contributed by atoms with Crippen molar-refractivity contribution in [3.05, 3.63) is 5.01 Å². The standard InChI is InChI=1S/C13H22N4OS/c1-3-5-13(6-7-13)9-15-10(18)11-16-17-12(19-11)14-8-4-2/h3-9H2,1-2H3,(H,14,17)(H,15,18). The first kappa shape index (κ1) is 14.2. The molecule has 5 nitrogen and oxygen atoms in total. The molecule has 0 saturated heterocycles. The molecule has 0 bridgehead atoms. The quantitative estimate of drug-likeness (QED) is 0.769. The van der Waals surface area contributed by atoms with Gasteiger partial charge in [0.2, 0.25) is 10.1 Å². The van der Waals surface area contributed by atoms with Crippen LogP contribution in [0.2, 0.25) is 0 Å². The molecule has 6 heteroatoms. The summed E-state index contributed by atoms with van der Waals surface area (Å²) in [5.41, 5.74) is 0.373. The van der Waals surface area contributed by atoms with Gasteiger partial charge in [-0.25, -0.2) is 0 Å². The van der Waals surface area contributed by atoms with Crippen LogP contribution in [0.5, 0.6) is 0 Å². The van der Waals surface area contributed by atoms with Crippen LogP contribution in [-0.2, 0) is 0 Å². The third-order valence-electron chi connectivity index (χ3n) is 3.51. The van der Waals surface area contributed by atoms with Gasteiger partial charge in [0, 0.05) is 13.1 Å². The normalized spacial score (nSPS) is 16.1. The summed E-state index contributed by atoms with van der Waals surface area (Å²) in [6, 6.07) is 0. The molecule has 1 heterocycles.